The molecule has 0 atom stereocenters. The van der Waals surface area contributed by atoms with Crippen LogP contribution in [0.15, 0.2) is 60.7 Å². The van der Waals surface area contributed by atoms with Gasteiger partial charge in [-0.15, -0.1) is 0 Å². The molecule has 104 valence electrons. The van der Waals surface area contributed by atoms with Crippen molar-refractivity contribution in [2.24, 2.45) is 0 Å². The number of carbonyl (C=O) groups is 1. The van der Waals surface area contributed by atoms with E-state index in [1.807, 2.05) is 54.6 Å². The number of H-pyrrole nitrogens is 1. The van der Waals surface area contributed by atoms with Crippen molar-refractivity contribution in [1.29, 1.82) is 0 Å². The van der Waals surface area contributed by atoms with Gasteiger partial charge in [-0.1, -0.05) is 48.5 Å². The van der Waals surface area contributed by atoms with Crippen LogP contribution in [-0.2, 0) is 9.53 Å². The smallest absolute Gasteiger partial charge is 0.330 e. The highest BCUT2D eigenvalue weighted by Crippen LogP contribution is 2.31. The lowest BCUT2D eigenvalue weighted by atomic mass is 10.0. The lowest BCUT2D eigenvalue weighted by molar-refractivity contribution is -0.134. The summed E-state index contributed by atoms with van der Waals surface area (Å²) in [5, 5.41) is 1.08. The molecule has 0 saturated carbocycles. The molecule has 0 saturated heterocycles. The quantitative estimate of drug-likeness (QED) is 0.580. The number of aromatic nitrogens is 1. The molecule has 1 heterocycles. The van der Waals surface area contributed by atoms with E-state index >= 15 is 0 Å². The Balaban J connectivity index is 2.19. The minimum atomic E-state index is -0.362. The number of rotatable bonds is 3. The third-order valence-electron chi connectivity index (χ3n) is 3.40. The summed E-state index contributed by atoms with van der Waals surface area (Å²) in [6.45, 7) is 0. The van der Waals surface area contributed by atoms with Crippen LogP contribution in [0.5, 0.6) is 0 Å². The van der Waals surface area contributed by atoms with Crippen molar-refractivity contribution in [2.75, 3.05) is 7.11 Å². The number of benzene rings is 2. The Morgan fingerprint density at radius 2 is 1.76 bits per heavy atom. The van der Waals surface area contributed by atoms with Gasteiger partial charge in [-0.2, -0.15) is 0 Å². The van der Waals surface area contributed by atoms with Crippen LogP contribution in [0.4, 0.5) is 0 Å². The molecule has 3 aromatic rings. The normalized spacial score (nSPS) is 11.1. The van der Waals surface area contributed by atoms with Gasteiger partial charge < -0.3 is 9.72 Å². The number of esters is 1. The summed E-state index contributed by atoms with van der Waals surface area (Å²) in [4.78, 5) is 14.8. The second-order valence-corrected chi connectivity index (χ2v) is 4.68. The van der Waals surface area contributed by atoms with Crippen LogP contribution in [0.1, 0.15) is 5.56 Å². The summed E-state index contributed by atoms with van der Waals surface area (Å²) < 4.78 is 4.67. The first kappa shape index (κ1) is 13.2. The lowest BCUT2D eigenvalue weighted by Gasteiger charge is -2.00. The van der Waals surface area contributed by atoms with Gasteiger partial charge in [0, 0.05) is 22.5 Å². The molecule has 3 rings (SSSR count). The molecule has 3 heteroatoms. The SMILES string of the molecule is COC(=O)/C=C/c1c(-c2ccccc2)[nH]c2ccccc12. The zero-order valence-corrected chi connectivity index (χ0v) is 11.7. The number of methoxy groups -OCH3 is 1. The fraction of sp³-hybridized carbons (Fsp3) is 0.0556. The Hall–Kier alpha value is -2.81. The predicted molar refractivity (Wildman–Crippen MR) is 84.8 cm³/mol. The molecule has 0 amide bonds. The molecule has 0 unspecified atom stereocenters. The van der Waals surface area contributed by atoms with Gasteiger partial charge in [0.25, 0.3) is 0 Å². The average molecular weight is 277 g/mol. The average Bonchev–Trinajstić information content (AvgIpc) is 2.92. The highest BCUT2D eigenvalue weighted by Gasteiger charge is 2.10. The van der Waals surface area contributed by atoms with Crippen LogP contribution in [0.25, 0.3) is 28.2 Å². The summed E-state index contributed by atoms with van der Waals surface area (Å²) in [6, 6.07) is 18.1. The van der Waals surface area contributed by atoms with E-state index in [1.165, 1.54) is 13.2 Å². The molecule has 0 radical (unpaired) electrons. The zero-order chi connectivity index (χ0) is 14.7. The van der Waals surface area contributed by atoms with Gasteiger partial charge in [0.1, 0.15) is 0 Å². The Labute approximate surface area is 122 Å². The van der Waals surface area contributed by atoms with E-state index in [-0.39, 0.29) is 5.97 Å². The second kappa shape index (κ2) is 5.67. The summed E-state index contributed by atoms with van der Waals surface area (Å²) in [7, 11) is 1.38. The first-order valence-electron chi connectivity index (χ1n) is 6.72. The molecule has 0 aliphatic rings. The number of hydrogen-bond donors (Lipinski definition) is 1. The van der Waals surface area contributed by atoms with Gasteiger partial charge in [-0.05, 0) is 17.7 Å². The molecule has 1 aromatic heterocycles. The molecule has 1 N–H and O–H groups in total. The monoisotopic (exact) mass is 277 g/mol. The highest BCUT2D eigenvalue weighted by molar-refractivity contribution is 5.99. The third kappa shape index (κ3) is 2.58. The molecular formula is C18H15NO2. The Morgan fingerprint density at radius 3 is 2.52 bits per heavy atom. The van der Waals surface area contributed by atoms with Gasteiger partial charge in [0.2, 0.25) is 0 Å². The maximum Gasteiger partial charge on any atom is 0.330 e. The fourth-order valence-corrected chi connectivity index (χ4v) is 2.39. The maximum atomic E-state index is 11.4. The summed E-state index contributed by atoms with van der Waals surface area (Å²) in [5.74, 6) is -0.362. The van der Waals surface area contributed by atoms with Crippen LogP contribution in [0.3, 0.4) is 0 Å². The van der Waals surface area contributed by atoms with Gasteiger partial charge in [-0.3, -0.25) is 0 Å². The first-order valence-corrected chi connectivity index (χ1v) is 6.72. The molecule has 0 bridgehead atoms. The number of hydrogen-bond acceptors (Lipinski definition) is 2. The van der Waals surface area contributed by atoms with Crippen molar-refractivity contribution in [3.05, 3.63) is 66.2 Å². The summed E-state index contributed by atoms with van der Waals surface area (Å²) in [6.07, 6.45) is 3.25. The van der Waals surface area contributed by atoms with Crippen molar-refractivity contribution >= 4 is 22.9 Å². The highest BCUT2D eigenvalue weighted by atomic mass is 16.5. The molecule has 21 heavy (non-hydrogen) atoms. The number of fused-ring (bicyclic) bond motifs is 1. The van der Waals surface area contributed by atoms with Crippen LogP contribution >= 0.6 is 0 Å². The largest absolute Gasteiger partial charge is 0.466 e. The number of para-hydroxylation sites is 1. The molecule has 0 spiro atoms. The van der Waals surface area contributed by atoms with Gasteiger partial charge in [0.15, 0.2) is 0 Å². The minimum absolute atomic E-state index is 0.362. The van der Waals surface area contributed by atoms with E-state index in [0.29, 0.717) is 0 Å². The van der Waals surface area contributed by atoms with Crippen LogP contribution in [-0.4, -0.2) is 18.1 Å². The Kier molecular flexibility index (Phi) is 3.56. The summed E-state index contributed by atoms with van der Waals surface area (Å²) >= 11 is 0. The standard InChI is InChI=1S/C18H15NO2/c1-21-17(20)12-11-15-14-9-5-6-10-16(14)19-18(15)13-7-3-2-4-8-13/h2-12,19H,1H3/b12-11+. The van der Waals surface area contributed by atoms with Crippen LogP contribution in [0, 0.1) is 0 Å². The molecular weight excluding hydrogens is 262 g/mol. The molecule has 0 aliphatic carbocycles. The van der Waals surface area contributed by atoms with Crippen molar-refractivity contribution in [2.45, 2.75) is 0 Å². The number of ether oxygens (including phenoxy) is 1. The van der Waals surface area contributed by atoms with Crippen LogP contribution in [0.2, 0.25) is 0 Å². The molecule has 2 aromatic carbocycles. The van der Waals surface area contributed by atoms with E-state index in [2.05, 4.69) is 9.72 Å². The maximum absolute atomic E-state index is 11.4. The fourth-order valence-electron chi connectivity index (χ4n) is 2.39. The van der Waals surface area contributed by atoms with E-state index < -0.39 is 0 Å². The number of aromatic amines is 1. The van der Waals surface area contributed by atoms with Crippen molar-refractivity contribution in [3.63, 3.8) is 0 Å². The zero-order valence-electron chi connectivity index (χ0n) is 11.7. The van der Waals surface area contributed by atoms with Crippen molar-refractivity contribution in [1.82, 2.24) is 4.98 Å². The van der Waals surface area contributed by atoms with Crippen LogP contribution < -0.4 is 0 Å². The van der Waals surface area contributed by atoms with Gasteiger partial charge in [-0.25, -0.2) is 4.79 Å². The van der Waals surface area contributed by atoms with E-state index in [1.54, 1.807) is 6.08 Å². The number of nitrogens with one attached hydrogen (secondary N) is 1. The van der Waals surface area contributed by atoms with E-state index in [0.717, 1.165) is 27.7 Å². The van der Waals surface area contributed by atoms with Crippen molar-refractivity contribution < 1.29 is 9.53 Å². The first-order chi connectivity index (χ1) is 10.3. The van der Waals surface area contributed by atoms with Gasteiger partial charge in [0.05, 0.1) is 12.8 Å². The Bertz CT molecular complexity index is 800. The predicted octanol–water partition coefficient (Wildman–Crippen LogP) is 4.02. The van der Waals surface area contributed by atoms with E-state index in [4.69, 9.17) is 0 Å². The van der Waals surface area contributed by atoms with Crippen molar-refractivity contribution in [3.8, 4) is 11.3 Å². The van der Waals surface area contributed by atoms with E-state index in [9.17, 15) is 4.79 Å². The topological polar surface area (TPSA) is 42.1 Å². The van der Waals surface area contributed by atoms with Gasteiger partial charge >= 0.3 is 5.97 Å². The number of carbonyl (C=O) groups excluding carboxylic acids is 1. The third-order valence-corrected chi connectivity index (χ3v) is 3.40. The Morgan fingerprint density at radius 1 is 1.05 bits per heavy atom. The minimum Gasteiger partial charge on any atom is -0.466 e. The lowest BCUT2D eigenvalue weighted by Crippen LogP contribution is -1.93. The second-order valence-electron chi connectivity index (χ2n) is 4.68. The molecule has 3 nitrogen and oxygen atoms in total. The molecule has 0 fully saturated rings. The summed E-state index contributed by atoms with van der Waals surface area (Å²) in [5.41, 5.74) is 4.11. The molecule has 0 aliphatic heterocycles.